The molecule has 5 nitrogen and oxygen atoms in total. The summed E-state index contributed by atoms with van der Waals surface area (Å²) in [6, 6.07) is 7.43. The molecule has 0 saturated heterocycles. The van der Waals surface area contributed by atoms with Crippen molar-refractivity contribution in [2.24, 2.45) is 0 Å². The second-order valence-corrected chi connectivity index (χ2v) is 7.61. The van der Waals surface area contributed by atoms with Crippen molar-refractivity contribution in [3.63, 3.8) is 0 Å². The Morgan fingerprint density at radius 1 is 1.24 bits per heavy atom. The number of aromatic nitrogens is 4. The third-order valence-electron chi connectivity index (χ3n) is 4.46. The highest BCUT2D eigenvalue weighted by Gasteiger charge is 2.18. The third kappa shape index (κ3) is 3.63. The van der Waals surface area contributed by atoms with Crippen LogP contribution in [0.5, 0.6) is 0 Å². The summed E-state index contributed by atoms with van der Waals surface area (Å²) in [7, 11) is 0. The van der Waals surface area contributed by atoms with E-state index < -0.39 is 0 Å². The zero-order valence-corrected chi connectivity index (χ0v) is 16.0. The number of hydrogen-bond donors (Lipinski definition) is 1. The number of nitrogens with zero attached hydrogens (tertiary/aromatic N) is 3. The minimum Gasteiger partial charge on any atom is -0.323 e. The predicted octanol–water partition coefficient (Wildman–Crippen LogP) is 4.39. The van der Waals surface area contributed by atoms with Crippen LogP contribution in [0.4, 0.5) is 0 Å². The molecule has 2 aromatic heterocycles. The summed E-state index contributed by atoms with van der Waals surface area (Å²) < 4.78 is 2.28. The molecule has 25 heavy (non-hydrogen) atoms. The van der Waals surface area contributed by atoms with E-state index in [1.165, 1.54) is 5.69 Å². The quantitative estimate of drug-likeness (QED) is 0.665. The highest BCUT2D eigenvalue weighted by atomic mass is 32.2. The van der Waals surface area contributed by atoms with Crippen LogP contribution >= 0.6 is 11.8 Å². The number of benzene rings is 1. The lowest BCUT2D eigenvalue weighted by Crippen LogP contribution is -2.13. The Kier molecular flexibility index (Phi) is 5.27. The van der Waals surface area contributed by atoms with Gasteiger partial charge in [0.1, 0.15) is 5.82 Å². The SMILES string of the molecule is CCCCn1c(SC(C)c2nc3ccccc3c(=O)[nH]2)nc(C)c1C. The maximum absolute atomic E-state index is 12.3. The minimum atomic E-state index is -0.0882. The molecule has 0 spiro atoms. The van der Waals surface area contributed by atoms with E-state index in [1.807, 2.05) is 25.1 Å². The van der Waals surface area contributed by atoms with Gasteiger partial charge in [0.15, 0.2) is 5.16 Å². The first kappa shape index (κ1) is 17.7. The van der Waals surface area contributed by atoms with Gasteiger partial charge in [-0.3, -0.25) is 4.79 Å². The topological polar surface area (TPSA) is 63.6 Å². The van der Waals surface area contributed by atoms with Crippen LogP contribution in [0.25, 0.3) is 10.9 Å². The van der Waals surface area contributed by atoms with Crippen LogP contribution in [0.2, 0.25) is 0 Å². The molecular weight excluding hydrogens is 332 g/mol. The van der Waals surface area contributed by atoms with Gasteiger partial charge in [-0.15, -0.1) is 0 Å². The van der Waals surface area contributed by atoms with Crippen LogP contribution in [0.3, 0.4) is 0 Å². The van der Waals surface area contributed by atoms with Gasteiger partial charge in [-0.2, -0.15) is 0 Å². The van der Waals surface area contributed by atoms with E-state index >= 15 is 0 Å². The summed E-state index contributed by atoms with van der Waals surface area (Å²) in [5, 5.41) is 1.63. The molecule has 3 rings (SSSR count). The molecule has 0 fully saturated rings. The van der Waals surface area contributed by atoms with E-state index in [2.05, 4.69) is 35.3 Å². The molecule has 0 radical (unpaired) electrons. The second kappa shape index (κ2) is 7.44. The van der Waals surface area contributed by atoms with Crippen molar-refractivity contribution in [3.05, 3.63) is 51.8 Å². The molecular formula is C19H24N4OS. The van der Waals surface area contributed by atoms with Crippen LogP contribution in [0, 0.1) is 13.8 Å². The number of para-hydroxylation sites is 1. The number of thioether (sulfide) groups is 1. The molecule has 6 heteroatoms. The van der Waals surface area contributed by atoms with E-state index in [-0.39, 0.29) is 10.8 Å². The molecule has 0 amide bonds. The number of unbranched alkanes of at least 4 members (excludes halogenated alkanes) is 1. The Morgan fingerprint density at radius 2 is 2.00 bits per heavy atom. The number of rotatable bonds is 6. The smallest absolute Gasteiger partial charge is 0.258 e. The van der Waals surface area contributed by atoms with Crippen molar-refractivity contribution in [2.75, 3.05) is 0 Å². The van der Waals surface area contributed by atoms with Crippen molar-refractivity contribution >= 4 is 22.7 Å². The zero-order valence-electron chi connectivity index (χ0n) is 15.2. The largest absolute Gasteiger partial charge is 0.323 e. The fraction of sp³-hybridized carbons (Fsp3) is 0.421. The molecule has 0 aliphatic carbocycles. The molecule has 1 N–H and O–H groups in total. The van der Waals surface area contributed by atoms with Crippen molar-refractivity contribution < 1.29 is 0 Å². The van der Waals surface area contributed by atoms with E-state index in [1.54, 1.807) is 17.8 Å². The average molecular weight is 356 g/mol. The number of imidazole rings is 1. The van der Waals surface area contributed by atoms with Gasteiger partial charge in [-0.1, -0.05) is 37.2 Å². The molecule has 1 unspecified atom stereocenters. The minimum absolute atomic E-state index is 0.0129. The van der Waals surface area contributed by atoms with Gasteiger partial charge < -0.3 is 9.55 Å². The van der Waals surface area contributed by atoms with Crippen LogP contribution in [-0.2, 0) is 6.54 Å². The first-order chi connectivity index (χ1) is 12.0. The Morgan fingerprint density at radius 3 is 2.76 bits per heavy atom. The average Bonchev–Trinajstić information content (AvgIpc) is 2.86. The van der Waals surface area contributed by atoms with Crippen LogP contribution < -0.4 is 5.56 Å². The number of nitrogens with one attached hydrogen (secondary N) is 1. The van der Waals surface area contributed by atoms with Crippen molar-refractivity contribution in [3.8, 4) is 0 Å². The van der Waals surface area contributed by atoms with Gasteiger partial charge in [0.2, 0.25) is 0 Å². The number of aryl methyl sites for hydroxylation is 1. The van der Waals surface area contributed by atoms with Crippen molar-refractivity contribution in [1.29, 1.82) is 0 Å². The van der Waals surface area contributed by atoms with Gasteiger partial charge in [0, 0.05) is 12.2 Å². The first-order valence-electron chi connectivity index (χ1n) is 8.70. The molecule has 0 aliphatic rings. The Bertz CT molecular complexity index is 944. The summed E-state index contributed by atoms with van der Waals surface area (Å²) in [6.45, 7) is 9.38. The molecule has 132 valence electrons. The second-order valence-electron chi connectivity index (χ2n) is 6.30. The van der Waals surface area contributed by atoms with Crippen LogP contribution in [0.15, 0.2) is 34.2 Å². The lowest BCUT2D eigenvalue weighted by molar-refractivity contribution is 0.574. The predicted molar refractivity (Wildman–Crippen MR) is 103 cm³/mol. The van der Waals surface area contributed by atoms with Crippen LogP contribution in [-0.4, -0.2) is 19.5 Å². The zero-order chi connectivity index (χ0) is 18.0. The highest BCUT2D eigenvalue weighted by molar-refractivity contribution is 7.99. The van der Waals surface area contributed by atoms with Gasteiger partial charge in [-0.05, 0) is 39.3 Å². The van der Waals surface area contributed by atoms with Crippen molar-refractivity contribution in [2.45, 2.75) is 57.5 Å². The molecule has 0 aliphatic heterocycles. The number of aromatic amines is 1. The lowest BCUT2D eigenvalue weighted by Gasteiger charge is -2.13. The summed E-state index contributed by atoms with van der Waals surface area (Å²) in [4.78, 5) is 24.6. The molecule has 0 saturated carbocycles. The van der Waals surface area contributed by atoms with Gasteiger partial charge in [0.25, 0.3) is 5.56 Å². The van der Waals surface area contributed by atoms with E-state index in [0.29, 0.717) is 11.2 Å². The van der Waals surface area contributed by atoms with Gasteiger partial charge >= 0.3 is 0 Å². The van der Waals surface area contributed by atoms with E-state index in [9.17, 15) is 4.79 Å². The fourth-order valence-electron chi connectivity index (χ4n) is 2.80. The highest BCUT2D eigenvalue weighted by Crippen LogP contribution is 2.33. The van der Waals surface area contributed by atoms with Crippen molar-refractivity contribution in [1.82, 2.24) is 19.5 Å². The molecule has 1 atom stereocenters. The Hall–Kier alpha value is -2.08. The maximum Gasteiger partial charge on any atom is 0.258 e. The number of H-pyrrole nitrogens is 1. The number of hydrogen-bond acceptors (Lipinski definition) is 4. The Labute approximate surface area is 151 Å². The fourth-order valence-corrected chi connectivity index (χ4v) is 3.89. The summed E-state index contributed by atoms with van der Waals surface area (Å²) >= 11 is 1.65. The monoisotopic (exact) mass is 356 g/mol. The van der Waals surface area contributed by atoms with Gasteiger partial charge in [-0.25, -0.2) is 9.97 Å². The summed E-state index contributed by atoms with van der Waals surface area (Å²) in [6.07, 6.45) is 2.28. The Balaban J connectivity index is 1.91. The van der Waals surface area contributed by atoms with E-state index in [0.717, 1.165) is 35.8 Å². The number of fused-ring (bicyclic) bond motifs is 1. The molecule has 0 bridgehead atoms. The summed E-state index contributed by atoms with van der Waals surface area (Å²) in [5.74, 6) is 0.689. The summed E-state index contributed by atoms with van der Waals surface area (Å²) in [5.41, 5.74) is 2.92. The molecule has 1 aromatic carbocycles. The maximum atomic E-state index is 12.3. The molecule has 2 heterocycles. The third-order valence-corrected chi connectivity index (χ3v) is 5.56. The van der Waals surface area contributed by atoms with Gasteiger partial charge in [0.05, 0.1) is 21.8 Å². The lowest BCUT2D eigenvalue weighted by atomic mass is 10.2. The first-order valence-corrected chi connectivity index (χ1v) is 9.58. The standard InChI is InChI=1S/C19H24N4OS/c1-5-6-11-23-13(3)12(2)20-19(23)25-14(4)17-21-16-10-8-7-9-15(16)18(24)22-17/h7-10,14H,5-6,11H2,1-4H3,(H,21,22,24). The van der Waals surface area contributed by atoms with Crippen LogP contribution in [0.1, 0.15) is 49.2 Å². The van der Waals surface area contributed by atoms with E-state index in [4.69, 9.17) is 4.98 Å². The molecule has 3 aromatic rings. The normalized spacial score (nSPS) is 12.6.